The predicted octanol–water partition coefficient (Wildman–Crippen LogP) is 2.60. The van der Waals surface area contributed by atoms with E-state index in [9.17, 15) is 9.59 Å². The number of carbonyl (C=O) groups excluding carboxylic acids is 1. The second kappa shape index (κ2) is 5.46. The molecule has 2 rings (SSSR count). The van der Waals surface area contributed by atoms with Crippen molar-refractivity contribution in [3.8, 4) is 0 Å². The molecule has 2 aromatic rings. The van der Waals surface area contributed by atoms with Crippen LogP contribution in [-0.2, 0) is 0 Å². The molecule has 0 bridgehead atoms. The average molecular weight is 292 g/mol. The van der Waals surface area contributed by atoms with Crippen LogP contribution in [0.2, 0.25) is 5.02 Å². The minimum Gasteiger partial charge on any atom is -0.321 e. The number of amides is 1. The molecule has 104 valence electrons. The number of H-pyrrole nitrogens is 1. The van der Waals surface area contributed by atoms with E-state index in [-0.39, 0.29) is 5.56 Å². The highest BCUT2D eigenvalue weighted by Crippen LogP contribution is 2.23. The molecule has 1 amide bonds. The minimum atomic E-state index is -0.499. The van der Waals surface area contributed by atoms with Crippen LogP contribution in [0.1, 0.15) is 27.4 Å². The van der Waals surface area contributed by atoms with Gasteiger partial charge in [-0.05, 0) is 38.5 Å². The highest BCUT2D eigenvalue weighted by molar-refractivity contribution is 6.31. The molecule has 5 nitrogen and oxygen atoms in total. The van der Waals surface area contributed by atoms with E-state index >= 15 is 0 Å². The maximum atomic E-state index is 12.2. The van der Waals surface area contributed by atoms with Gasteiger partial charge in [-0.1, -0.05) is 17.7 Å². The van der Waals surface area contributed by atoms with Gasteiger partial charge in [-0.25, -0.2) is 4.98 Å². The molecule has 0 aliphatic heterocycles. The van der Waals surface area contributed by atoms with Crippen LogP contribution in [0.5, 0.6) is 0 Å². The van der Waals surface area contributed by atoms with Gasteiger partial charge in [0.15, 0.2) is 0 Å². The van der Waals surface area contributed by atoms with Gasteiger partial charge in [0.25, 0.3) is 11.5 Å². The van der Waals surface area contributed by atoms with Crippen molar-refractivity contribution < 1.29 is 4.79 Å². The van der Waals surface area contributed by atoms with Crippen LogP contribution in [0.15, 0.2) is 23.0 Å². The molecular formula is C14H14ClN3O2. The monoisotopic (exact) mass is 291 g/mol. The number of nitrogens with zero attached hydrogens (tertiary/aromatic N) is 1. The summed E-state index contributed by atoms with van der Waals surface area (Å²) in [7, 11) is 0. The van der Waals surface area contributed by atoms with Crippen LogP contribution >= 0.6 is 11.6 Å². The number of benzene rings is 1. The number of hydrogen-bond donors (Lipinski definition) is 2. The summed E-state index contributed by atoms with van der Waals surface area (Å²) in [5, 5.41) is 3.24. The van der Waals surface area contributed by atoms with Gasteiger partial charge in [0.2, 0.25) is 0 Å². The molecule has 0 spiro atoms. The number of rotatable bonds is 2. The fourth-order valence-electron chi connectivity index (χ4n) is 1.92. The standard InChI is InChI=1S/C14H14ClN3O2/c1-7-10(15)5-4-6-11(7)18-14(20)12-8(2)16-9(3)17-13(12)19/h4-6H,1-3H3,(H,18,20)(H,16,17,19). The van der Waals surface area contributed by atoms with Crippen molar-refractivity contribution in [1.29, 1.82) is 0 Å². The van der Waals surface area contributed by atoms with Gasteiger partial charge < -0.3 is 10.3 Å². The highest BCUT2D eigenvalue weighted by Gasteiger charge is 2.16. The molecule has 20 heavy (non-hydrogen) atoms. The third-order valence-electron chi connectivity index (χ3n) is 2.96. The Balaban J connectivity index is 2.39. The first-order chi connectivity index (χ1) is 9.40. The fraction of sp³-hybridized carbons (Fsp3) is 0.214. The summed E-state index contributed by atoms with van der Waals surface area (Å²) in [6.45, 7) is 5.08. The van der Waals surface area contributed by atoms with E-state index in [2.05, 4.69) is 15.3 Å². The Morgan fingerprint density at radius 1 is 1.30 bits per heavy atom. The van der Waals surface area contributed by atoms with Crippen molar-refractivity contribution in [1.82, 2.24) is 9.97 Å². The summed E-state index contributed by atoms with van der Waals surface area (Å²) >= 11 is 6.00. The molecule has 0 unspecified atom stereocenters. The second-order valence-corrected chi connectivity index (χ2v) is 4.89. The SMILES string of the molecule is Cc1nc(C)c(C(=O)Nc2cccc(Cl)c2C)c(=O)[nH]1. The summed E-state index contributed by atoms with van der Waals surface area (Å²) in [6, 6.07) is 5.19. The van der Waals surface area contributed by atoms with Gasteiger partial charge in [0.05, 0.1) is 5.69 Å². The Bertz CT molecular complexity index is 738. The lowest BCUT2D eigenvalue weighted by molar-refractivity contribution is 0.102. The van der Waals surface area contributed by atoms with E-state index in [1.54, 1.807) is 39.0 Å². The molecule has 2 N–H and O–H groups in total. The maximum Gasteiger partial charge on any atom is 0.264 e. The lowest BCUT2D eigenvalue weighted by Crippen LogP contribution is -2.26. The topological polar surface area (TPSA) is 74.8 Å². The van der Waals surface area contributed by atoms with Crippen LogP contribution in [0, 0.1) is 20.8 Å². The number of anilines is 1. The van der Waals surface area contributed by atoms with Crippen molar-refractivity contribution in [3.05, 3.63) is 56.2 Å². The molecule has 0 saturated heterocycles. The smallest absolute Gasteiger partial charge is 0.264 e. The molecule has 1 aromatic carbocycles. The summed E-state index contributed by atoms with van der Waals surface area (Å²) in [5.41, 5.74) is 1.27. The normalized spacial score (nSPS) is 10.4. The lowest BCUT2D eigenvalue weighted by Gasteiger charge is -2.10. The van der Waals surface area contributed by atoms with E-state index in [1.807, 2.05) is 0 Å². The summed E-state index contributed by atoms with van der Waals surface area (Å²) < 4.78 is 0. The Labute approximate surface area is 121 Å². The molecule has 0 saturated carbocycles. The van der Waals surface area contributed by atoms with Crippen LogP contribution in [0.25, 0.3) is 0 Å². The quantitative estimate of drug-likeness (QED) is 0.893. The Morgan fingerprint density at radius 2 is 2.00 bits per heavy atom. The van der Waals surface area contributed by atoms with Gasteiger partial charge in [0, 0.05) is 10.7 Å². The number of aromatic nitrogens is 2. The molecule has 1 aromatic heterocycles. The molecule has 0 radical (unpaired) electrons. The number of aryl methyl sites for hydroxylation is 2. The first kappa shape index (κ1) is 14.3. The molecule has 0 aliphatic rings. The van der Waals surface area contributed by atoms with Crippen molar-refractivity contribution >= 4 is 23.2 Å². The number of aromatic amines is 1. The van der Waals surface area contributed by atoms with Gasteiger partial charge in [-0.2, -0.15) is 0 Å². The zero-order valence-corrected chi connectivity index (χ0v) is 12.1. The van der Waals surface area contributed by atoms with Gasteiger partial charge in [-0.15, -0.1) is 0 Å². The van der Waals surface area contributed by atoms with Gasteiger partial charge >= 0.3 is 0 Å². The van der Waals surface area contributed by atoms with E-state index in [0.717, 1.165) is 5.56 Å². The molecule has 0 fully saturated rings. The number of nitrogens with one attached hydrogen (secondary N) is 2. The van der Waals surface area contributed by atoms with Crippen molar-refractivity contribution in [2.45, 2.75) is 20.8 Å². The largest absolute Gasteiger partial charge is 0.321 e. The summed E-state index contributed by atoms with van der Waals surface area (Å²) in [4.78, 5) is 30.7. The van der Waals surface area contributed by atoms with Gasteiger partial charge in [-0.3, -0.25) is 9.59 Å². The number of hydrogen-bond acceptors (Lipinski definition) is 3. The molecule has 1 heterocycles. The average Bonchev–Trinajstić information content (AvgIpc) is 2.33. The van der Waals surface area contributed by atoms with Crippen LogP contribution in [0.4, 0.5) is 5.69 Å². The number of carbonyl (C=O) groups is 1. The summed E-state index contributed by atoms with van der Waals surface area (Å²) in [5.74, 6) is -0.0235. The minimum absolute atomic E-state index is 0.00924. The highest BCUT2D eigenvalue weighted by atomic mass is 35.5. The zero-order chi connectivity index (χ0) is 14.9. The fourth-order valence-corrected chi connectivity index (χ4v) is 2.10. The first-order valence-corrected chi connectivity index (χ1v) is 6.42. The van der Waals surface area contributed by atoms with E-state index in [4.69, 9.17) is 11.6 Å². The molecule has 6 heteroatoms. The van der Waals surface area contributed by atoms with E-state index < -0.39 is 11.5 Å². The van der Waals surface area contributed by atoms with Crippen molar-refractivity contribution in [2.24, 2.45) is 0 Å². The maximum absolute atomic E-state index is 12.2. The van der Waals surface area contributed by atoms with E-state index in [1.165, 1.54) is 0 Å². The van der Waals surface area contributed by atoms with Crippen LogP contribution < -0.4 is 10.9 Å². The second-order valence-electron chi connectivity index (χ2n) is 4.48. The number of halogens is 1. The third-order valence-corrected chi connectivity index (χ3v) is 3.37. The summed E-state index contributed by atoms with van der Waals surface area (Å²) in [6.07, 6.45) is 0. The molecular weight excluding hydrogens is 278 g/mol. The predicted molar refractivity (Wildman–Crippen MR) is 78.5 cm³/mol. The first-order valence-electron chi connectivity index (χ1n) is 6.04. The van der Waals surface area contributed by atoms with Crippen molar-refractivity contribution in [2.75, 3.05) is 5.32 Å². The third kappa shape index (κ3) is 2.72. The lowest BCUT2D eigenvalue weighted by atomic mass is 10.1. The zero-order valence-electron chi connectivity index (χ0n) is 11.4. The van der Waals surface area contributed by atoms with Crippen molar-refractivity contribution in [3.63, 3.8) is 0 Å². The van der Waals surface area contributed by atoms with Crippen LogP contribution in [0.3, 0.4) is 0 Å². The Morgan fingerprint density at radius 3 is 2.65 bits per heavy atom. The Kier molecular flexibility index (Phi) is 3.90. The molecule has 0 aliphatic carbocycles. The van der Waals surface area contributed by atoms with Crippen LogP contribution in [-0.4, -0.2) is 15.9 Å². The van der Waals surface area contributed by atoms with Gasteiger partial charge in [0.1, 0.15) is 11.4 Å². The molecule has 0 atom stereocenters. The Hall–Kier alpha value is -2.14. The van der Waals surface area contributed by atoms with E-state index in [0.29, 0.717) is 22.2 Å².